The summed E-state index contributed by atoms with van der Waals surface area (Å²) < 4.78 is 38.0. The number of ether oxygens (including phenoxy) is 2. The van der Waals surface area contributed by atoms with Crippen LogP contribution in [0.15, 0.2) is 23.1 Å². The van der Waals surface area contributed by atoms with E-state index in [9.17, 15) is 13.2 Å². The van der Waals surface area contributed by atoms with Gasteiger partial charge in [0.15, 0.2) is 0 Å². The van der Waals surface area contributed by atoms with Crippen molar-refractivity contribution in [2.75, 3.05) is 38.2 Å². The number of amides is 1. The Balaban J connectivity index is 2.31. The monoisotopic (exact) mass is 384 g/mol. The fraction of sp³-hybridized carbons (Fsp3) is 0.611. The molecule has 0 saturated carbocycles. The van der Waals surface area contributed by atoms with E-state index in [1.54, 1.807) is 32.9 Å². The summed E-state index contributed by atoms with van der Waals surface area (Å²) in [6, 6.07) is 4.75. The molecule has 7 nitrogen and oxygen atoms in total. The van der Waals surface area contributed by atoms with Gasteiger partial charge in [0, 0.05) is 37.9 Å². The summed E-state index contributed by atoms with van der Waals surface area (Å²) in [5.41, 5.74) is 0.454. The lowest BCUT2D eigenvalue weighted by atomic mass is 9.99. The number of hydrogen-bond donors (Lipinski definition) is 1. The molecule has 1 heterocycles. The molecule has 1 fully saturated rings. The Labute approximate surface area is 155 Å². The Kier molecular flexibility index (Phi) is 7.43. The van der Waals surface area contributed by atoms with Gasteiger partial charge in [-0.25, -0.2) is 8.42 Å². The van der Waals surface area contributed by atoms with Crippen molar-refractivity contribution in [2.24, 2.45) is 5.92 Å². The Hall–Kier alpha value is -1.64. The van der Waals surface area contributed by atoms with Crippen LogP contribution < -0.4 is 10.1 Å². The molecule has 1 aliphatic rings. The van der Waals surface area contributed by atoms with E-state index >= 15 is 0 Å². The van der Waals surface area contributed by atoms with Gasteiger partial charge in [-0.05, 0) is 38.0 Å². The minimum absolute atomic E-state index is 0.0767. The number of rotatable bonds is 8. The van der Waals surface area contributed by atoms with Crippen LogP contribution in [-0.4, -0.2) is 51.5 Å². The topological polar surface area (TPSA) is 84.9 Å². The minimum atomic E-state index is -3.70. The van der Waals surface area contributed by atoms with Crippen molar-refractivity contribution in [1.29, 1.82) is 0 Å². The summed E-state index contributed by atoms with van der Waals surface area (Å²) in [7, 11) is -3.70. The van der Waals surface area contributed by atoms with Gasteiger partial charge < -0.3 is 14.8 Å². The van der Waals surface area contributed by atoms with E-state index in [1.165, 1.54) is 10.4 Å². The Morgan fingerprint density at radius 1 is 1.23 bits per heavy atom. The number of sulfonamides is 1. The zero-order valence-electron chi connectivity index (χ0n) is 15.7. The Morgan fingerprint density at radius 2 is 1.88 bits per heavy atom. The molecule has 1 N–H and O–H groups in total. The zero-order chi connectivity index (χ0) is 19.2. The van der Waals surface area contributed by atoms with E-state index in [1.807, 2.05) is 0 Å². The second-order valence-corrected chi connectivity index (χ2v) is 7.97. The molecule has 26 heavy (non-hydrogen) atoms. The fourth-order valence-corrected chi connectivity index (χ4v) is 4.58. The average Bonchev–Trinajstić information content (AvgIpc) is 2.64. The molecule has 0 atom stereocenters. The van der Waals surface area contributed by atoms with E-state index in [0.717, 1.165) is 0 Å². The van der Waals surface area contributed by atoms with E-state index in [4.69, 9.17) is 9.47 Å². The standard InChI is InChI=1S/C18H28N2O5S/c1-4-20(5-2)26(22,23)17-13-15(7-8-16(17)25-6-3)19-18(21)14-9-11-24-12-10-14/h7-8,13-14H,4-6,9-12H2,1-3H3,(H,19,21). The van der Waals surface area contributed by atoms with Crippen molar-refractivity contribution in [2.45, 2.75) is 38.5 Å². The first kappa shape index (κ1) is 20.7. The van der Waals surface area contributed by atoms with Gasteiger partial charge in [-0.15, -0.1) is 0 Å². The van der Waals surface area contributed by atoms with Crippen LogP contribution in [0.4, 0.5) is 5.69 Å². The van der Waals surface area contributed by atoms with Crippen molar-refractivity contribution >= 4 is 21.6 Å². The van der Waals surface area contributed by atoms with Crippen LogP contribution in [0.2, 0.25) is 0 Å². The van der Waals surface area contributed by atoms with Gasteiger partial charge >= 0.3 is 0 Å². The third kappa shape index (κ3) is 4.75. The second kappa shape index (κ2) is 9.34. The van der Waals surface area contributed by atoms with E-state index < -0.39 is 10.0 Å². The molecule has 0 spiro atoms. The normalized spacial score (nSPS) is 15.8. The minimum Gasteiger partial charge on any atom is -0.492 e. The highest BCUT2D eigenvalue weighted by atomic mass is 32.2. The van der Waals surface area contributed by atoms with Crippen LogP contribution in [0.1, 0.15) is 33.6 Å². The van der Waals surface area contributed by atoms with E-state index in [0.29, 0.717) is 57.2 Å². The average molecular weight is 384 g/mol. The number of anilines is 1. The van der Waals surface area contributed by atoms with Crippen LogP contribution in [0, 0.1) is 5.92 Å². The van der Waals surface area contributed by atoms with Crippen molar-refractivity contribution < 1.29 is 22.7 Å². The van der Waals surface area contributed by atoms with Crippen molar-refractivity contribution in [3.05, 3.63) is 18.2 Å². The molecule has 1 aliphatic heterocycles. The molecule has 1 aromatic rings. The van der Waals surface area contributed by atoms with Crippen molar-refractivity contribution in [1.82, 2.24) is 4.31 Å². The van der Waals surface area contributed by atoms with Gasteiger partial charge in [-0.1, -0.05) is 13.8 Å². The van der Waals surface area contributed by atoms with Gasteiger partial charge in [0.1, 0.15) is 10.6 Å². The van der Waals surface area contributed by atoms with E-state index in [2.05, 4.69) is 5.32 Å². The van der Waals surface area contributed by atoms with Crippen LogP contribution in [-0.2, 0) is 19.6 Å². The number of benzene rings is 1. The molecule has 1 saturated heterocycles. The predicted octanol–water partition coefficient (Wildman–Crippen LogP) is 2.48. The zero-order valence-corrected chi connectivity index (χ0v) is 16.5. The SMILES string of the molecule is CCOc1ccc(NC(=O)C2CCOCC2)cc1S(=O)(=O)N(CC)CC. The summed E-state index contributed by atoms with van der Waals surface area (Å²) in [5.74, 6) is 0.0743. The molecule has 2 rings (SSSR count). The maximum atomic E-state index is 12.9. The molecule has 0 unspecified atom stereocenters. The van der Waals surface area contributed by atoms with Gasteiger partial charge in [0.2, 0.25) is 15.9 Å². The summed E-state index contributed by atoms with van der Waals surface area (Å²) in [4.78, 5) is 12.5. The summed E-state index contributed by atoms with van der Waals surface area (Å²) in [5, 5.41) is 2.84. The third-order valence-corrected chi connectivity index (χ3v) is 6.50. The molecule has 0 aliphatic carbocycles. The molecular formula is C18H28N2O5S. The smallest absolute Gasteiger partial charge is 0.246 e. The lowest BCUT2D eigenvalue weighted by Crippen LogP contribution is -2.31. The Morgan fingerprint density at radius 3 is 2.46 bits per heavy atom. The fourth-order valence-electron chi connectivity index (χ4n) is 2.97. The first-order valence-corrected chi connectivity index (χ1v) is 10.5. The molecule has 8 heteroatoms. The highest BCUT2D eigenvalue weighted by Gasteiger charge is 2.27. The van der Waals surface area contributed by atoms with Gasteiger partial charge in [-0.3, -0.25) is 4.79 Å². The first-order chi connectivity index (χ1) is 12.4. The molecule has 1 amide bonds. The van der Waals surface area contributed by atoms with Gasteiger partial charge in [0.25, 0.3) is 0 Å². The van der Waals surface area contributed by atoms with Crippen LogP contribution >= 0.6 is 0 Å². The van der Waals surface area contributed by atoms with Crippen molar-refractivity contribution in [3.8, 4) is 5.75 Å². The summed E-state index contributed by atoms with van der Waals surface area (Å²) in [6.45, 7) is 7.61. The summed E-state index contributed by atoms with van der Waals surface area (Å²) in [6.07, 6.45) is 1.35. The molecular weight excluding hydrogens is 356 g/mol. The molecule has 146 valence electrons. The maximum absolute atomic E-state index is 12.9. The predicted molar refractivity (Wildman–Crippen MR) is 99.9 cm³/mol. The Bertz CT molecular complexity index is 710. The lowest BCUT2D eigenvalue weighted by Gasteiger charge is -2.23. The third-order valence-electron chi connectivity index (χ3n) is 4.43. The number of hydrogen-bond acceptors (Lipinski definition) is 5. The lowest BCUT2D eigenvalue weighted by molar-refractivity contribution is -0.122. The number of carbonyl (C=O) groups excluding carboxylic acids is 1. The quantitative estimate of drug-likeness (QED) is 0.744. The molecule has 1 aromatic carbocycles. The highest BCUT2D eigenvalue weighted by Crippen LogP contribution is 2.30. The number of carbonyl (C=O) groups is 1. The highest BCUT2D eigenvalue weighted by molar-refractivity contribution is 7.89. The van der Waals surface area contributed by atoms with Crippen LogP contribution in [0.5, 0.6) is 5.75 Å². The number of nitrogens with one attached hydrogen (secondary N) is 1. The van der Waals surface area contributed by atoms with E-state index in [-0.39, 0.29) is 16.7 Å². The van der Waals surface area contributed by atoms with Gasteiger partial charge in [-0.2, -0.15) is 4.31 Å². The maximum Gasteiger partial charge on any atom is 0.246 e. The van der Waals surface area contributed by atoms with Gasteiger partial charge in [0.05, 0.1) is 6.61 Å². The second-order valence-electron chi connectivity index (χ2n) is 6.06. The molecule has 0 bridgehead atoms. The van der Waals surface area contributed by atoms with Crippen LogP contribution in [0.3, 0.4) is 0 Å². The molecule has 0 aromatic heterocycles. The molecule has 0 radical (unpaired) electrons. The van der Waals surface area contributed by atoms with Crippen LogP contribution in [0.25, 0.3) is 0 Å². The number of nitrogens with zero attached hydrogens (tertiary/aromatic N) is 1. The largest absolute Gasteiger partial charge is 0.492 e. The first-order valence-electron chi connectivity index (χ1n) is 9.09. The summed E-state index contributed by atoms with van der Waals surface area (Å²) >= 11 is 0. The van der Waals surface area contributed by atoms with Crippen molar-refractivity contribution in [3.63, 3.8) is 0 Å².